The van der Waals surface area contributed by atoms with E-state index in [2.05, 4.69) is 6.92 Å². The van der Waals surface area contributed by atoms with Crippen LogP contribution in [0.3, 0.4) is 0 Å². The third kappa shape index (κ3) is 5.71. The number of phenols is 2. The first kappa shape index (κ1) is 21.9. The Hall–Kier alpha value is -2.11. The summed E-state index contributed by atoms with van der Waals surface area (Å²) >= 11 is 0. The van der Waals surface area contributed by atoms with E-state index in [0.717, 1.165) is 19.3 Å². The molecule has 0 saturated heterocycles. The summed E-state index contributed by atoms with van der Waals surface area (Å²) < 4.78 is 11.0. The number of aromatic carboxylic acids is 1. The minimum atomic E-state index is -1.29. The van der Waals surface area contributed by atoms with Crippen molar-refractivity contribution >= 4 is 5.97 Å². The van der Waals surface area contributed by atoms with Crippen LogP contribution in [-0.2, 0) is 6.42 Å². The summed E-state index contributed by atoms with van der Waals surface area (Å²) in [4.78, 5) is 11.7. The van der Waals surface area contributed by atoms with Crippen molar-refractivity contribution in [2.75, 3.05) is 13.2 Å². The molecule has 6 heteroatoms. The summed E-state index contributed by atoms with van der Waals surface area (Å²) in [6.07, 6.45) is 8.11. The van der Waals surface area contributed by atoms with E-state index in [1.165, 1.54) is 25.7 Å². The number of ether oxygens (including phenoxy) is 2. The fourth-order valence-electron chi connectivity index (χ4n) is 3.03. The topological polar surface area (TPSA) is 96.2 Å². The van der Waals surface area contributed by atoms with Gasteiger partial charge in [-0.05, 0) is 26.7 Å². The number of rotatable bonds is 13. The van der Waals surface area contributed by atoms with Gasteiger partial charge in [0.1, 0.15) is 5.56 Å². The molecule has 0 radical (unpaired) electrons. The number of phenolic OH excluding ortho intramolecular Hbond substituents is 1. The maximum Gasteiger partial charge on any atom is 0.340 e. The van der Waals surface area contributed by atoms with Gasteiger partial charge in [-0.15, -0.1) is 0 Å². The molecule has 1 rings (SSSR count). The van der Waals surface area contributed by atoms with Crippen LogP contribution in [0.25, 0.3) is 0 Å². The molecule has 0 unspecified atom stereocenters. The summed E-state index contributed by atoms with van der Waals surface area (Å²) in [5, 5.41) is 29.9. The molecular formula is C20H32O6. The molecule has 1 aromatic carbocycles. The molecule has 148 valence electrons. The lowest BCUT2D eigenvalue weighted by atomic mass is 9.97. The number of hydrogen-bond acceptors (Lipinski definition) is 5. The molecule has 0 aliphatic heterocycles. The first-order valence-corrected chi connectivity index (χ1v) is 9.59. The van der Waals surface area contributed by atoms with E-state index in [1.54, 1.807) is 13.8 Å². The Morgan fingerprint density at radius 2 is 1.35 bits per heavy atom. The standard InChI is InChI=1S/C20H32O6/c1-4-7-8-9-10-11-12-13-14-15(20(23)24)16(21)17(22)19(26-6-3)18(14)25-5-2/h21-22H,4-13H2,1-3H3,(H,23,24). The Kier molecular flexibility index (Phi) is 9.70. The Morgan fingerprint density at radius 3 is 1.88 bits per heavy atom. The van der Waals surface area contributed by atoms with Crippen molar-refractivity contribution in [2.24, 2.45) is 0 Å². The Morgan fingerprint density at radius 1 is 0.808 bits per heavy atom. The van der Waals surface area contributed by atoms with Crippen molar-refractivity contribution in [3.63, 3.8) is 0 Å². The number of carboxylic acids is 1. The quantitative estimate of drug-likeness (QED) is 0.339. The van der Waals surface area contributed by atoms with Crippen LogP contribution >= 0.6 is 0 Å². The Labute approximate surface area is 155 Å². The highest BCUT2D eigenvalue weighted by Crippen LogP contribution is 2.49. The molecule has 0 amide bonds. The zero-order valence-electron chi connectivity index (χ0n) is 16.1. The van der Waals surface area contributed by atoms with Gasteiger partial charge in [0.15, 0.2) is 11.5 Å². The van der Waals surface area contributed by atoms with E-state index in [0.29, 0.717) is 18.6 Å². The van der Waals surface area contributed by atoms with Gasteiger partial charge in [0.2, 0.25) is 11.5 Å². The lowest BCUT2D eigenvalue weighted by Gasteiger charge is -2.20. The highest BCUT2D eigenvalue weighted by Gasteiger charge is 2.29. The lowest BCUT2D eigenvalue weighted by Crippen LogP contribution is -2.09. The van der Waals surface area contributed by atoms with Crippen molar-refractivity contribution in [1.82, 2.24) is 0 Å². The predicted molar refractivity (Wildman–Crippen MR) is 101 cm³/mol. The first-order valence-electron chi connectivity index (χ1n) is 9.59. The van der Waals surface area contributed by atoms with Gasteiger partial charge in [0.25, 0.3) is 0 Å². The average Bonchev–Trinajstić information content (AvgIpc) is 2.61. The molecule has 26 heavy (non-hydrogen) atoms. The molecule has 0 bridgehead atoms. The molecule has 0 aromatic heterocycles. The van der Waals surface area contributed by atoms with E-state index in [9.17, 15) is 20.1 Å². The zero-order chi connectivity index (χ0) is 19.5. The first-order chi connectivity index (χ1) is 12.5. The summed E-state index contributed by atoms with van der Waals surface area (Å²) in [5.41, 5.74) is 0.0760. The largest absolute Gasteiger partial charge is 0.504 e. The van der Waals surface area contributed by atoms with Crippen LogP contribution in [0.15, 0.2) is 0 Å². The van der Waals surface area contributed by atoms with Crippen LogP contribution in [0.5, 0.6) is 23.0 Å². The number of unbranched alkanes of at least 4 members (excludes halogenated alkanes) is 6. The second-order valence-corrected chi connectivity index (χ2v) is 6.25. The molecule has 0 saturated carbocycles. The molecule has 0 aliphatic rings. The highest BCUT2D eigenvalue weighted by molar-refractivity contribution is 5.95. The molecule has 0 heterocycles. The average molecular weight is 368 g/mol. The van der Waals surface area contributed by atoms with Gasteiger partial charge in [-0.25, -0.2) is 4.79 Å². The summed E-state index contributed by atoms with van der Waals surface area (Å²) in [5.74, 6) is -2.32. The SMILES string of the molecule is CCCCCCCCCc1c(OCC)c(OCC)c(O)c(O)c1C(=O)O. The lowest BCUT2D eigenvalue weighted by molar-refractivity contribution is 0.0690. The molecule has 0 fully saturated rings. The van der Waals surface area contributed by atoms with Crippen molar-refractivity contribution in [3.05, 3.63) is 11.1 Å². The minimum absolute atomic E-state index is 0.00907. The molecule has 0 atom stereocenters. The smallest absolute Gasteiger partial charge is 0.340 e. The molecule has 0 spiro atoms. The Bertz CT molecular complexity index is 582. The maximum absolute atomic E-state index is 11.7. The number of benzene rings is 1. The highest BCUT2D eigenvalue weighted by atomic mass is 16.5. The van der Waals surface area contributed by atoms with E-state index < -0.39 is 17.5 Å². The second kappa shape index (κ2) is 11.5. The van der Waals surface area contributed by atoms with Gasteiger partial charge in [-0.1, -0.05) is 45.4 Å². The van der Waals surface area contributed by atoms with Crippen molar-refractivity contribution < 1.29 is 29.6 Å². The van der Waals surface area contributed by atoms with E-state index in [4.69, 9.17) is 9.47 Å². The molecule has 1 aromatic rings. The molecule has 0 aliphatic carbocycles. The summed E-state index contributed by atoms with van der Waals surface area (Å²) in [6.45, 7) is 6.25. The summed E-state index contributed by atoms with van der Waals surface area (Å²) in [6, 6.07) is 0. The van der Waals surface area contributed by atoms with Gasteiger partial charge in [-0.2, -0.15) is 0 Å². The predicted octanol–water partition coefficient (Wildman–Crippen LogP) is 4.89. The fourth-order valence-corrected chi connectivity index (χ4v) is 3.03. The van der Waals surface area contributed by atoms with Crippen LogP contribution in [-0.4, -0.2) is 34.5 Å². The van der Waals surface area contributed by atoms with Gasteiger partial charge in [0.05, 0.1) is 13.2 Å². The second-order valence-electron chi connectivity index (χ2n) is 6.25. The van der Waals surface area contributed by atoms with Gasteiger partial charge in [-0.3, -0.25) is 0 Å². The van der Waals surface area contributed by atoms with Crippen molar-refractivity contribution in [1.29, 1.82) is 0 Å². The van der Waals surface area contributed by atoms with Crippen LogP contribution < -0.4 is 9.47 Å². The van der Waals surface area contributed by atoms with Gasteiger partial charge in [0, 0.05) is 5.56 Å². The fraction of sp³-hybridized carbons (Fsp3) is 0.650. The van der Waals surface area contributed by atoms with Crippen LogP contribution in [0.2, 0.25) is 0 Å². The van der Waals surface area contributed by atoms with E-state index in [1.807, 2.05) is 0 Å². The maximum atomic E-state index is 11.7. The number of hydrogen-bond donors (Lipinski definition) is 3. The number of aromatic hydroxyl groups is 2. The molecular weight excluding hydrogens is 336 g/mol. The van der Waals surface area contributed by atoms with Gasteiger partial charge < -0.3 is 24.8 Å². The molecule has 3 N–H and O–H groups in total. The van der Waals surface area contributed by atoms with E-state index >= 15 is 0 Å². The third-order valence-electron chi connectivity index (χ3n) is 4.28. The minimum Gasteiger partial charge on any atom is -0.504 e. The van der Waals surface area contributed by atoms with Crippen molar-refractivity contribution in [2.45, 2.75) is 72.1 Å². The van der Waals surface area contributed by atoms with Crippen LogP contribution in [0.4, 0.5) is 0 Å². The summed E-state index contributed by atoms with van der Waals surface area (Å²) in [7, 11) is 0. The van der Waals surface area contributed by atoms with Gasteiger partial charge >= 0.3 is 5.97 Å². The normalized spacial score (nSPS) is 10.7. The molecule has 6 nitrogen and oxygen atoms in total. The third-order valence-corrected chi connectivity index (χ3v) is 4.28. The number of carboxylic acid groups (broad SMARTS) is 1. The van der Waals surface area contributed by atoms with Crippen LogP contribution in [0, 0.1) is 0 Å². The monoisotopic (exact) mass is 368 g/mol. The van der Waals surface area contributed by atoms with E-state index in [-0.39, 0.29) is 23.7 Å². The zero-order valence-corrected chi connectivity index (χ0v) is 16.1. The number of carbonyl (C=O) groups is 1. The van der Waals surface area contributed by atoms with Crippen molar-refractivity contribution in [3.8, 4) is 23.0 Å². The Balaban J connectivity index is 3.06. The van der Waals surface area contributed by atoms with Crippen LogP contribution in [0.1, 0.15) is 81.6 Å².